The van der Waals surface area contributed by atoms with Crippen LogP contribution in [0.3, 0.4) is 0 Å². The number of nitriles is 2. The number of nitrogens with zero attached hydrogens (tertiary/aromatic N) is 8. The molecule has 0 bridgehead atoms. The number of aromatic hydroxyl groups is 1. The number of hydrogen-bond acceptors (Lipinski definition) is 13. The van der Waals surface area contributed by atoms with Crippen molar-refractivity contribution in [2.45, 2.75) is 16.7 Å². The summed E-state index contributed by atoms with van der Waals surface area (Å²) >= 11 is 1.01. The van der Waals surface area contributed by atoms with E-state index < -0.39 is 42.1 Å². The number of thiazole rings is 1. The van der Waals surface area contributed by atoms with E-state index in [4.69, 9.17) is 0 Å². The first-order valence-electron chi connectivity index (χ1n) is 11.5. The number of hydrogen-bond donors (Lipinski definition) is 3. The largest absolute Gasteiger partial charge is 0.493 e. The third kappa shape index (κ3) is 5.37. The number of pyridine rings is 1. The fraction of sp³-hybridized carbons (Fsp3) is 0.0417. The molecule has 0 aliphatic carbocycles. The van der Waals surface area contributed by atoms with Gasteiger partial charge in [-0.15, -0.1) is 15.3 Å². The zero-order chi connectivity index (χ0) is 31.3. The average molecular weight is 639 g/mol. The van der Waals surface area contributed by atoms with Crippen LogP contribution in [-0.4, -0.2) is 50.4 Å². The summed E-state index contributed by atoms with van der Waals surface area (Å²) in [7, 11) is -8.98. The highest BCUT2D eigenvalue weighted by Gasteiger charge is 2.22. The fourth-order valence-electron chi connectivity index (χ4n) is 3.88. The van der Waals surface area contributed by atoms with Gasteiger partial charge in [-0.05, 0) is 49.4 Å². The van der Waals surface area contributed by atoms with Crippen LogP contribution in [0, 0.1) is 29.6 Å². The van der Waals surface area contributed by atoms with Crippen LogP contribution in [0.1, 0.15) is 16.7 Å². The average Bonchev–Trinajstić information content (AvgIpc) is 3.56. The van der Waals surface area contributed by atoms with Gasteiger partial charge in [0.25, 0.3) is 25.8 Å². The number of azo groups is 1. The first kappa shape index (κ1) is 29.2. The lowest BCUT2D eigenvalue weighted by atomic mass is 10.1. The second-order valence-corrected chi connectivity index (χ2v) is 12.5. The number of benzene rings is 2. The van der Waals surface area contributed by atoms with Gasteiger partial charge >= 0.3 is 0 Å². The summed E-state index contributed by atoms with van der Waals surface area (Å²) in [5.74, 6) is -0.989. The first-order chi connectivity index (χ1) is 20.2. The lowest BCUT2D eigenvalue weighted by Gasteiger charge is -2.13. The van der Waals surface area contributed by atoms with Crippen LogP contribution in [0.5, 0.6) is 5.88 Å². The van der Waals surface area contributed by atoms with Crippen molar-refractivity contribution in [3.8, 4) is 28.8 Å². The lowest BCUT2D eigenvalue weighted by Crippen LogP contribution is -2.22. The lowest BCUT2D eigenvalue weighted by molar-refractivity contribution is 0.436. The standard InChI is InChI=1S/C24H14N8O8S3/c1-12-17(10-26)22(33)32(14-2-4-15(5-3-14)42(35,36)37)23(34)20(12)28-29-21-13(9-25)11-31(30-21)24-27-18-7-6-16(43(38,39)40)8-19(18)41-24/h2-8,11,34H,1H3,(H,35,36,37)(H,38,39,40)/b29-28-. The molecule has 0 amide bonds. The molecule has 0 fully saturated rings. The second-order valence-electron chi connectivity index (χ2n) is 8.62. The van der Waals surface area contributed by atoms with Crippen molar-refractivity contribution >= 4 is 53.3 Å². The highest BCUT2D eigenvalue weighted by atomic mass is 32.2. The van der Waals surface area contributed by atoms with Crippen LogP contribution in [0.2, 0.25) is 0 Å². The van der Waals surface area contributed by atoms with Crippen LogP contribution in [-0.2, 0) is 20.2 Å². The third-order valence-corrected chi connectivity index (χ3v) is 8.70. The molecular formula is C24H14N8O8S3. The maximum Gasteiger partial charge on any atom is 0.294 e. The Morgan fingerprint density at radius 3 is 2.21 bits per heavy atom. The Morgan fingerprint density at radius 1 is 0.953 bits per heavy atom. The number of aromatic nitrogens is 4. The highest BCUT2D eigenvalue weighted by molar-refractivity contribution is 7.86. The number of rotatable bonds is 6. The summed E-state index contributed by atoms with van der Waals surface area (Å²) < 4.78 is 66.5. The van der Waals surface area contributed by atoms with E-state index in [9.17, 15) is 46.4 Å². The number of fused-ring (bicyclic) bond motifs is 1. The van der Waals surface area contributed by atoms with Gasteiger partial charge in [-0.1, -0.05) is 11.3 Å². The molecule has 0 radical (unpaired) electrons. The van der Waals surface area contributed by atoms with Crippen LogP contribution in [0.4, 0.5) is 11.5 Å². The Morgan fingerprint density at radius 2 is 1.60 bits per heavy atom. The van der Waals surface area contributed by atoms with Crippen molar-refractivity contribution in [2.75, 3.05) is 0 Å². The minimum Gasteiger partial charge on any atom is -0.493 e. The van der Waals surface area contributed by atoms with Gasteiger partial charge in [0.15, 0.2) is 5.69 Å². The van der Waals surface area contributed by atoms with E-state index in [0.717, 1.165) is 35.6 Å². The van der Waals surface area contributed by atoms with Crippen LogP contribution in [0.15, 0.2) is 73.5 Å². The molecule has 3 aromatic heterocycles. The molecule has 3 heterocycles. The summed E-state index contributed by atoms with van der Waals surface area (Å²) in [6, 6.07) is 11.6. The van der Waals surface area contributed by atoms with Gasteiger partial charge in [-0.2, -0.15) is 27.4 Å². The summed E-state index contributed by atoms with van der Waals surface area (Å²) in [6.45, 7) is 1.34. The molecule has 0 saturated heterocycles. The topological polar surface area (TPSA) is 254 Å². The van der Waals surface area contributed by atoms with E-state index in [1.807, 2.05) is 6.07 Å². The predicted octanol–water partition coefficient (Wildman–Crippen LogP) is 3.30. The van der Waals surface area contributed by atoms with Gasteiger partial charge < -0.3 is 5.11 Å². The molecule has 5 aromatic rings. The Labute approximate surface area is 245 Å². The summed E-state index contributed by atoms with van der Waals surface area (Å²) in [5, 5.41) is 42.5. The molecule has 3 N–H and O–H groups in total. The predicted molar refractivity (Wildman–Crippen MR) is 148 cm³/mol. The zero-order valence-corrected chi connectivity index (χ0v) is 23.8. The van der Waals surface area contributed by atoms with Gasteiger partial charge in [0.2, 0.25) is 16.8 Å². The second kappa shape index (κ2) is 10.5. The molecule has 0 aliphatic heterocycles. The molecule has 16 nitrogen and oxygen atoms in total. The molecule has 43 heavy (non-hydrogen) atoms. The minimum absolute atomic E-state index is 0.0432. The van der Waals surface area contributed by atoms with E-state index in [2.05, 4.69) is 20.3 Å². The van der Waals surface area contributed by atoms with Crippen molar-refractivity contribution in [3.05, 3.63) is 75.7 Å². The van der Waals surface area contributed by atoms with Crippen molar-refractivity contribution in [1.82, 2.24) is 19.3 Å². The van der Waals surface area contributed by atoms with E-state index in [1.165, 1.54) is 36.0 Å². The molecule has 0 atom stereocenters. The van der Waals surface area contributed by atoms with Gasteiger partial charge in [-0.3, -0.25) is 13.9 Å². The van der Waals surface area contributed by atoms with Gasteiger partial charge in [-0.25, -0.2) is 14.2 Å². The minimum atomic E-state index is -4.54. The highest BCUT2D eigenvalue weighted by Crippen LogP contribution is 2.35. The van der Waals surface area contributed by atoms with Gasteiger partial charge in [0.05, 0.1) is 31.9 Å². The molecule has 2 aromatic carbocycles. The van der Waals surface area contributed by atoms with Crippen molar-refractivity contribution in [1.29, 1.82) is 10.5 Å². The molecule has 0 saturated carbocycles. The van der Waals surface area contributed by atoms with Crippen LogP contribution >= 0.6 is 11.3 Å². The maximum absolute atomic E-state index is 13.0. The Hall–Kier alpha value is -5.31. The third-order valence-electron chi connectivity index (χ3n) is 5.98. The maximum atomic E-state index is 13.0. The summed E-state index contributed by atoms with van der Waals surface area (Å²) in [5.41, 5.74) is -1.46. The van der Waals surface area contributed by atoms with Crippen LogP contribution < -0.4 is 5.56 Å². The Balaban J connectivity index is 1.58. The van der Waals surface area contributed by atoms with E-state index in [0.29, 0.717) is 14.8 Å². The fourth-order valence-corrected chi connectivity index (χ4v) is 5.88. The van der Waals surface area contributed by atoms with Crippen molar-refractivity contribution in [2.24, 2.45) is 10.2 Å². The normalized spacial score (nSPS) is 12.0. The molecule has 19 heteroatoms. The van der Waals surface area contributed by atoms with Crippen molar-refractivity contribution < 1.29 is 31.0 Å². The monoisotopic (exact) mass is 638 g/mol. The van der Waals surface area contributed by atoms with E-state index >= 15 is 0 Å². The molecule has 5 rings (SSSR count). The SMILES string of the molecule is Cc1c(/N=N\c2nn(-c3nc4ccc(S(=O)(=O)O)cc4s3)cc2C#N)c(O)n(-c2ccc(S(=O)(=O)O)cc2)c(=O)c1C#N. The molecular weight excluding hydrogens is 625 g/mol. The Bertz CT molecular complexity index is 2360. The van der Waals surface area contributed by atoms with Crippen molar-refractivity contribution in [3.63, 3.8) is 0 Å². The Kier molecular flexibility index (Phi) is 7.13. The van der Waals surface area contributed by atoms with E-state index in [1.54, 1.807) is 6.07 Å². The summed E-state index contributed by atoms with van der Waals surface area (Å²) in [4.78, 5) is 16.5. The molecule has 216 valence electrons. The quantitative estimate of drug-likeness (QED) is 0.179. The molecule has 0 unspecified atom stereocenters. The summed E-state index contributed by atoms with van der Waals surface area (Å²) in [6.07, 6.45) is 1.28. The zero-order valence-electron chi connectivity index (χ0n) is 21.3. The molecule has 0 spiro atoms. The van der Waals surface area contributed by atoms with Crippen LogP contribution in [0.25, 0.3) is 21.0 Å². The molecule has 0 aliphatic rings. The smallest absolute Gasteiger partial charge is 0.294 e. The van der Waals surface area contributed by atoms with E-state index in [-0.39, 0.29) is 38.3 Å². The van der Waals surface area contributed by atoms with Gasteiger partial charge in [0.1, 0.15) is 23.3 Å². The first-order valence-corrected chi connectivity index (χ1v) is 15.2. The van der Waals surface area contributed by atoms with Gasteiger partial charge in [0, 0.05) is 5.56 Å².